The minimum atomic E-state index is -0.188. The number of nitrogens with zero attached hydrogens (tertiary/aromatic N) is 3. The van der Waals surface area contributed by atoms with Gasteiger partial charge in [0.25, 0.3) is 0 Å². The Morgan fingerprint density at radius 1 is 1.05 bits per heavy atom. The molecule has 8 heteroatoms. The van der Waals surface area contributed by atoms with E-state index in [4.69, 9.17) is 9.72 Å². The van der Waals surface area contributed by atoms with Gasteiger partial charge in [-0.1, -0.05) is 60.3 Å². The van der Waals surface area contributed by atoms with Crippen LogP contribution in [0.15, 0.2) is 76.7 Å². The average Bonchev–Trinajstić information content (AvgIpc) is 3.33. The zero-order chi connectivity index (χ0) is 26.5. The number of carbonyl (C=O) groups excluding carboxylic acids is 2. The lowest BCUT2D eigenvalue weighted by Gasteiger charge is -2.38. The number of rotatable bonds is 8. The Morgan fingerprint density at radius 2 is 1.79 bits per heavy atom. The van der Waals surface area contributed by atoms with E-state index in [1.54, 1.807) is 18.8 Å². The standard InChI is InChI=1S/C30H34N4O3S/c1-21-24(10-13-29(32-21)38-26-11-8-22(9-12-26)18-28(35)31-2)19-33-16-14-25(15-17-33)34-27(20-37-30(34)36)23-6-4-3-5-7-23/h3-13,25,27H,14-20H2,1-2H3,(H,31,35). The van der Waals surface area contributed by atoms with Gasteiger partial charge in [0.1, 0.15) is 11.6 Å². The molecule has 2 aromatic carbocycles. The molecule has 2 aliphatic heterocycles. The number of hydrogen-bond acceptors (Lipinski definition) is 6. The van der Waals surface area contributed by atoms with Crippen LogP contribution in [-0.4, -0.2) is 59.6 Å². The molecule has 0 aliphatic carbocycles. The van der Waals surface area contributed by atoms with E-state index in [2.05, 4.69) is 41.4 Å². The van der Waals surface area contributed by atoms with Crippen LogP contribution in [0.2, 0.25) is 0 Å². The number of ether oxygens (including phenoxy) is 1. The van der Waals surface area contributed by atoms with E-state index in [0.29, 0.717) is 13.0 Å². The van der Waals surface area contributed by atoms with Gasteiger partial charge in [-0.2, -0.15) is 0 Å². The number of likely N-dealkylation sites (tertiary alicyclic amines) is 1. The van der Waals surface area contributed by atoms with Crippen LogP contribution in [0.1, 0.15) is 41.3 Å². The Labute approximate surface area is 228 Å². The molecule has 0 saturated carbocycles. The molecule has 1 N–H and O–H groups in total. The highest BCUT2D eigenvalue weighted by atomic mass is 32.2. The molecule has 0 radical (unpaired) electrons. The minimum Gasteiger partial charge on any atom is -0.447 e. The van der Waals surface area contributed by atoms with Gasteiger partial charge in [0.2, 0.25) is 5.91 Å². The largest absolute Gasteiger partial charge is 0.447 e. The lowest BCUT2D eigenvalue weighted by molar-refractivity contribution is -0.119. The van der Waals surface area contributed by atoms with Crippen molar-refractivity contribution >= 4 is 23.8 Å². The molecule has 38 heavy (non-hydrogen) atoms. The molecule has 0 bridgehead atoms. The predicted molar refractivity (Wildman–Crippen MR) is 148 cm³/mol. The lowest BCUT2D eigenvalue weighted by Crippen LogP contribution is -2.46. The number of aryl methyl sites for hydroxylation is 1. The van der Waals surface area contributed by atoms with Crippen molar-refractivity contribution < 1.29 is 14.3 Å². The fraction of sp³-hybridized carbons (Fsp3) is 0.367. The third-order valence-electron chi connectivity index (χ3n) is 7.40. The van der Waals surface area contributed by atoms with Gasteiger partial charge < -0.3 is 10.1 Å². The van der Waals surface area contributed by atoms with Gasteiger partial charge in [-0.05, 0) is 54.7 Å². The van der Waals surface area contributed by atoms with Gasteiger partial charge in [-0.25, -0.2) is 9.78 Å². The van der Waals surface area contributed by atoms with Crippen LogP contribution in [0.5, 0.6) is 0 Å². The summed E-state index contributed by atoms with van der Waals surface area (Å²) in [5.74, 6) is 0.0115. The molecular weight excluding hydrogens is 496 g/mol. The van der Waals surface area contributed by atoms with E-state index >= 15 is 0 Å². The number of cyclic esters (lactones) is 1. The summed E-state index contributed by atoms with van der Waals surface area (Å²) in [5, 5.41) is 3.62. The van der Waals surface area contributed by atoms with E-state index in [0.717, 1.165) is 59.2 Å². The third-order valence-corrected chi connectivity index (χ3v) is 8.34. The summed E-state index contributed by atoms with van der Waals surface area (Å²) >= 11 is 1.63. The van der Waals surface area contributed by atoms with Crippen LogP contribution in [0.25, 0.3) is 0 Å². The fourth-order valence-corrected chi connectivity index (χ4v) is 6.06. The number of hydrogen-bond donors (Lipinski definition) is 1. The van der Waals surface area contributed by atoms with Crippen molar-refractivity contribution in [1.29, 1.82) is 0 Å². The van der Waals surface area contributed by atoms with Crippen LogP contribution >= 0.6 is 11.8 Å². The van der Waals surface area contributed by atoms with E-state index in [1.165, 1.54) is 5.56 Å². The Bertz CT molecular complexity index is 1260. The quantitative estimate of drug-likeness (QED) is 0.443. The van der Waals surface area contributed by atoms with Crippen molar-refractivity contribution in [3.63, 3.8) is 0 Å². The summed E-state index contributed by atoms with van der Waals surface area (Å²) in [5.41, 5.74) is 4.41. The van der Waals surface area contributed by atoms with E-state index in [9.17, 15) is 9.59 Å². The third kappa shape index (κ3) is 6.19. The number of piperidine rings is 1. The van der Waals surface area contributed by atoms with Crippen molar-refractivity contribution in [3.05, 3.63) is 89.1 Å². The summed E-state index contributed by atoms with van der Waals surface area (Å²) in [4.78, 5) is 34.5. The molecule has 2 saturated heterocycles. The van der Waals surface area contributed by atoms with Gasteiger partial charge in [-0.3, -0.25) is 14.6 Å². The SMILES string of the molecule is CNC(=O)Cc1ccc(Sc2ccc(CN3CCC(N4C(=O)OCC4c4ccccc4)CC3)c(C)n2)cc1. The molecule has 0 spiro atoms. The summed E-state index contributed by atoms with van der Waals surface area (Å²) in [6.45, 7) is 5.24. The molecule has 3 heterocycles. The van der Waals surface area contributed by atoms with Crippen molar-refractivity contribution in [3.8, 4) is 0 Å². The highest BCUT2D eigenvalue weighted by Gasteiger charge is 2.40. The Balaban J connectivity index is 1.15. The maximum atomic E-state index is 12.6. The number of pyridine rings is 1. The Hall–Kier alpha value is -3.36. The van der Waals surface area contributed by atoms with Crippen molar-refractivity contribution in [2.24, 2.45) is 0 Å². The molecule has 1 atom stereocenters. The maximum absolute atomic E-state index is 12.6. The normalized spacial score (nSPS) is 18.4. The van der Waals surface area contributed by atoms with E-state index < -0.39 is 0 Å². The molecule has 1 unspecified atom stereocenters. The molecule has 2 amide bonds. The average molecular weight is 531 g/mol. The lowest BCUT2D eigenvalue weighted by atomic mass is 9.99. The molecular formula is C30H34N4O3S. The Morgan fingerprint density at radius 3 is 2.47 bits per heavy atom. The topological polar surface area (TPSA) is 74.8 Å². The van der Waals surface area contributed by atoms with Gasteiger partial charge in [0.05, 0.1) is 12.5 Å². The van der Waals surface area contributed by atoms with Crippen molar-refractivity contribution in [2.45, 2.75) is 54.7 Å². The maximum Gasteiger partial charge on any atom is 0.410 e. The van der Waals surface area contributed by atoms with Crippen LogP contribution in [0, 0.1) is 6.92 Å². The van der Waals surface area contributed by atoms with Gasteiger partial charge in [0, 0.05) is 43.3 Å². The van der Waals surface area contributed by atoms with Gasteiger partial charge in [-0.15, -0.1) is 0 Å². The number of likely N-dealkylation sites (N-methyl/N-ethyl adjacent to an activating group) is 1. The first-order valence-corrected chi connectivity index (χ1v) is 14.0. The highest BCUT2D eigenvalue weighted by molar-refractivity contribution is 7.99. The second-order valence-electron chi connectivity index (χ2n) is 9.91. The summed E-state index contributed by atoms with van der Waals surface area (Å²) in [6, 6.07) is 22.7. The number of aromatic nitrogens is 1. The minimum absolute atomic E-state index is 0.00350. The molecule has 3 aromatic rings. The van der Waals surface area contributed by atoms with Crippen LogP contribution < -0.4 is 5.32 Å². The second kappa shape index (κ2) is 12.0. The molecule has 1 aromatic heterocycles. The van der Waals surface area contributed by atoms with Crippen LogP contribution in [0.4, 0.5) is 4.79 Å². The monoisotopic (exact) mass is 530 g/mol. The van der Waals surface area contributed by atoms with Gasteiger partial charge >= 0.3 is 6.09 Å². The molecule has 2 fully saturated rings. The highest BCUT2D eigenvalue weighted by Crippen LogP contribution is 2.33. The van der Waals surface area contributed by atoms with Gasteiger partial charge in [0.15, 0.2) is 0 Å². The summed E-state index contributed by atoms with van der Waals surface area (Å²) in [7, 11) is 1.65. The zero-order valence-corrected chi connectivity index (χ0v) is 22.7. The second-order valence-corrected chi connectivity index (χ2v) is 11.0. The number of benzene rings is 2. The smallest absolute Gasteiger partial charge is 0.410 e. The predicted octanol–water partition coefficient (Wildman–Crippen LogP) is 4.99. The Kier molecular flexibility index (Phi) is 8.29. The van der Waals surface area contributed by atoms with Crippen molar-refractivity contribution in [1.82, 2.24) is 20.1 Å². The van der Waals surface area contributed by atoms with Crippen molar-refractivity contribution in [2.75, 3.05) is 26.7 Å². The molecule has 5 rings (SSSR count). The molecule has 7 nitrogen and oxygen atoms in total. The van der Waals surface area contributed by atoms with Crippen LogP contribution in [0.3, 0.4) is 0 Å². The number of carbonyl (C=O) groups is 2. The number of amides is 2. The van der Waals surface area contributed by atoms with E-state index in [-0.39, 0.29) is 24.1 Å². The first kappa shape index (κ1) is 26.3. The summed E-state index contributed by atoms with van der Waals surface area (Å²) < 4.78 is 5.45. The first-order valence-electron chi connectivity index (χ1n) is 13.2. The van der Waals surface area contributed by atoms with E-state index in [1.807, 2.05) is 47.4 Å². The number of nitrogens with one attached hydrogen (secondary N) is 1. The zero-order valence-electron chi connectivity index (χ0n) is 21.9. The molecule has 198 valence electrons. The fourth-order valence-electron chi connectivity index (χ4n) is 5.23. The van der Waals surface area contributed by atoms with Crippen LogP contribution in [-0.2, 0) is 22.5 Å². The summed E-state index contributed by atoms with van der Waals surface area (Å²) in [6.07, 6.45) is 2.08. The molecule has 2 aliphatic rings. The first-order chi connectivity index (χ1) is 18.5.